The van der Waals surface area contributed by atoms with E-state index in [1.807, 2.05) is 6.92 Å². The fourth-order valence-corrected chi connectivity index (χ4v) is 2.20. The predicted molar refractivity (Wildman–Crippen MR) is 46.1 cm³/mol. The standard InChI is InChI=1S/C7H17O3P/c1-3-4-5-11(9,10)7(2)6-8/h7-8H,3-6H2,1-2H3,(H,9,10). The summed E-state index contributed by atoms with van der Waals surface area (Å²) in [4.78, 5) is 9.31. The molecule has 0 radical (unpaired) electrons. The molecule has 2 unspecified atom stereocenters. The molecule has 0 aromatic rings. The molecular formula is C7H17O3P. The molecule has 0 bridgehead atoms. The predicted octanol–water partition coefficient (Wildman–Crippen LogP) is 1.44. The Hall–Kier alpha value is 0.150. The van der Waals surface area contributed by atoms with E-state index in [-0.39, 0.29) is 6.61 Å². The minimum Gasteiger partial charge on any atom is -0.396 e. The topological polar surface area (TPSA) is 57.5 Å². The lowest BCUT2D eigenvalue weighted by molar-refractivity contribution is 0.288. The molecule has 0 aromatic heterocycles. The van der Waals surface area contributed by atoms with Crippen LogP contribution in [0.5, 0.6) is 0 Å². The van der Waals surface area contributed by atoms with Crippen molar-refractivity contribution in [2.45, 2.75) is 32.3 Å². The fraction of sp³-hybridized carbons (Fsp3) is 1.00. The monoisotopic (exact) mass is 180 g/mol. The minimum absolute atomic E-state index is 0.197. The van der Waals surface area contributed by atoms with Crippen molar-refractivity contribution in [1.82, 2.24) is 0 Å². The van der Waals surface area contributed by atoms with Gasteiger partial charge in [-0.3, -0.25) is 4.57 Å². The van der Waals surface area contributed by atoms with Gasteiger partial charge in [0.1, 0.15) is 0 Å². The van der Waals surface area contributed by atoms with Crippen LogP contribution in [0.3, 0.4) is 0 Å². The molecule has 0 aliphatic carbocycles. The second kappa shape index (κ2) is 4.91. The molecule has 68 valence electrons. The first-order valence-electron chi connectivity index (χ1n) is 3.97. The van der Waals surface area contributed by atoms with Gasteiger partial charge >= 0.3 is 0 Å². The summed E-state index contributed by atoms with van der Waals surface area (Å²) in [6.07, 6.45) is 2.02. The van der Waals surface area contributed by atoms with Crippen LogP contribution in [0.1, 0.15) is 26.7 Å². The lowest BCUT2D eigenvalue weighted by Gasteiger charge is -2.16. The molecule has 4 heteroatoms. The van der Waals surface area contributed by atoms with E-state index in [4.69, 9.17) is 5.11 Å². The van der Waals surface area contributed by atoms with E-state index >= 15 is 0 Å². The minimum atomic E-state index is -3.05. The van der Waals surface area contributed by atoms with Gasteiger partial charge in [-0.15, -0.1) is 0 Å². The van der Waals surface area contributed by atoms with E-state index in [0.29, 0.717) is 6.16 Å². The molecule has 0 fully saturated rings. The van der Waals surface area contributed by atoms with Crippen molar-refractivity contribution in [3.63, 3.8) is 0 Å². The zero-order valence-electron chi connectivity index (χ0n) is 7.16. The molecule has 2 atom stereocenters. The van der Waals surface area contributed by atoms with Crippen LogP contribution in [0.2, 0.25) is 0 Å². The Bertz CT molecular complexity index is 147. The maximum atomic E-state index is 11.3. The third kappa shape index (κ3) is 3.90. The lowest BCUT2D eigenvalue weighted by atomic mass is 10.4. The van der Waals surface area contributed by atoms with Crippen LogP contribution in [-0.2, 0) is 4.57 Å². The first-order valence-corrected chi connectivity index (χ1v) is 5.88. The summed E-state index contributed by atoms with van der Waals surface area (Å²) >= 11 is 0. The molecular weight excluding hydrogens is 163 g/mol. The number of hydrogen-bond acceptors (Lipinski definition) is 2. The normalized spacial score (nSPS) is 19.3. The Labute approximate surface area is 67.9 Å². The average Bonchev–Trinajstić information content (AvgIpc) is 1.99. The van der Waals surface area contributed by atoms with Crippen LogP contribution in [0.15, 0.2) is 0 Å². The van der Waals surface area contributed by atoms with Gasteiger partial charge in [0.2, 0.25) is 7.37 Å². The molecule has 0 rings (SSSR count). The van der Waals surface area contributed by atoms with Gasteiger partial charge in [-0.2, -0.15) is 0 Å². The van der Waals surface area contributed by atoms with E-state index < -0.39 is 13.0 Å². The molecule has 0 aliphatic heterocycles. The molecule has 0 heterocycles. The van der Waals surface area contributed by atoms with Crippen LogP contribution in [0.4, 0.5) is 0 Å². The molecule has 11 heavy (non-hydrogen) atoms. The van der Waals surface area contributed by atoms with E-state index in [2.05, 4.69) is 0 Å². The highest BCUT2D eigenvalue weighted by Gasteiger charge is 2.24. The maximum Gasteiger partial charge on any atom is 0.205 e. The van der Waals surface area contributed by atoms with Gasteiger partial charge in [-0.1, -0.05) is 20.3 Å². The average molecular weight is 180 g/mol. The highest BCUT2D eigenvalue weighted by atomic mass is 31.2. The van der Waals surface area contributed by atoms with Gasteiger partial charge in [0.15, 0.2) is 0 Å². The maximum absolute atomic E-state index is 11.3. The van der Waals surface area contributed by atoms with Gasteiger partial charge in [-0.25, -0.2) is 0 Å². The highest BCUT2D eigenvalue weighted by Crippen LogP contribution is 2.46. The van der Waals surface area contributed by atoms with Crippen molar-refractivity contribution in [3.8, 4) is 0 Å². The Kier molecular flexibility index (Phi) is 4.98. The quantitative estimate of drug-likeness (QED) is 0.629. The van der Waals surface area contributed by atoms with Crippen LogP contribution < -0.4 is 0 Å². The number of aliphatic hydroxyl groups is 1. The van der Waals surface area contributed by atoms with E-state index in [1.54, 1.807) is 6.92 Å². The second-order valence-electron chi connectivity index (χ2n) is 2.86. The van der Waals surface area contributed by atoms with Crippen LogP contribution in [0.25, 0.3) is 0 Å². The Balaban J connectivity index is 3.89. The lowest BCUT2D eigenvalue weighted by Crippen LogP contribution is -2.10. The smallest absolute Gasteiger partial charge is 0.205 e. The van der Waals surface area contributed by atoms with Crippen LogP contribution in [0, 0.1) is 0 Å². The molecule has 0 saturated carbocycles. The molecule has 0 amide bonds. The molecule has 0 spiro atoms. The van der Waals surface area contributed by atoms with Crippen molar-refractivity contribution < 1.29 is 14.6 Å². The first-order chi connectivity index (χ1) is 5.04. The summed E-state index contributed by atoms with van der Waals surface area (Å²) < 4.78 is 11.3. The van der Waals surface area contributed by atoms with Crippen LogP contribution >= 0.6 is 7.37 Å². The van der Waals surface area contributed by atoms with Crippen molar-refractivity contribution in [2.75, 3.05) is 12.8 Å². The highest BCUT2D eigenvalue weighted by molar-refractivity contribution is 7.58. The summed E-state index contributed by atoms with van der Waals surface area (Å²) in [7, 11) is -3.05. The van der Waals surface area contributed by atoms with Gasteiger partial charge < -0.3 is 10.00 Å². The largest absolute Gasteiger partial charge is 0.396 e. The summed E-state index contributed by atoms with van der Waals surface area (Å²) in [5.41, 5.74) is -0.464. The summed E-state index contributed by atoms with van der Waals surface area (Å²) in [5.74, 6) is 0. The van der Waals surface area contributed by atoms with Gasteiger partial charge in [0.05, 0.1) is 12.3 Å². The number of aliphatic hydroxyl groups excluding tert-OH is 1. The summed E-state index contributed by atoms with van der Waals surface area (Å²) in [6, 6.07) is 0. The molecule has 0 saturated heterocycles. The van der Waals surface area contributed by atoms with Crippen molar-refractivity contribution >= 4 is 7.37 Å². The zero-order valence-corrected chi connectivity index (χ0v) is 8.05. The van der Waals surface area contributed by atoms with E-state index in [0.717, 1.165) is 12.8 Å². The van der Waals surface area contributed by atoms with Crippen molar-refractivity contribution in [2.24, 2.45) is 0 Å². The zero-order chi connectivity index (χ0) is 8.91. The molecule has 2 N–H and O–H groups in total. The summed E-state index contributed by atoms with van der Waals surface area (Å²) in [6.45, 7) is 3.39. The Morgan fingerprint density at radius 2 is 2.09 bits per heavy atom. The van der Waals surface area contributed by atoms with Gasteiger partial charge in [0, 0.05) is 6.16 Å². The van der Waals surface area contributed by atoms with Gasteiger partial charge in [0.25, 0.3) is 0 Å². The second-order valence-corrected chi connectivity index (χ2v) is 5.70. The van der Waals surface area contributed by atoms with E-state index in [1.165, 1.54) is 0 Å². The molecule has 0 aliphatic rings. The fourth-order valence-electron chi connectivity index (χ4n) is 0.733. The Morgan fingerprint density at radius 1 is 1.55 bits per heavy atom. The molecule has 3 nitrogen and oxygen atoms in total. The van der Waals surface area contributed by atoms with Crippen LogP contribution in [-0.4, -0.2) is 28.4 Å². The van der Waals surface area contributed by atoms with Crippen molar-refractivity contribution in [3.05, 3.63) is 0 Å². The van der Waals surface area contributed by atoms with Gasteiger partial charge in [-0.05, 0) is 6.42 Å². The molecule has 0 aromatic carbocycles. The third-order valence-corrected chi connectivity index (χ3v) is 4.28. The first kappa shape index (κ1) is 11.2. The Morgan fingerprint density at radius 3 is 2.45 bits per heavy atom. The van der Waals surface area contributed by atoms with Crippen molar-refractivity contribution in [1.29, 1.82) is 0 Å². The third-order valence-electron chi connectivity index (χ3n) is 1.79. The SMILES string of the molecule is CCCCP(=O)(O)C(C)CO. The number of hydrogen-bond donors (Lipinski definition) is 2. The van der Waals surface area contributed by atoms with E-state index in [9.17, 15) is 9.46 Å². The number of rotatable bonds is 5. The number of unbranched alkanes of at least 4 members (excludes halogenated alkanes) is 1. The summed E-state index contributed by atoms with van der Waals surface area (Å²) in [5, 5.41) is 8.64.